The van der Waals surface area contributed by atoms with Crippen LogP contribution in [0.5, 0.6) is 0 Å². The van der Waals surface area contributed by atoms with Crippen LogP contribution in [0, 0.1) is 0 Å². The molecule has 48 valence electrons. The summed E-state index contributed by atoms with van der Waals surface area (Å²) in [6, 6.07) is 0. The van der Waals surface area contributed by atoms with Gasteiger partial charge in [-0.1, -0.05) is 0 Å². The fourth-order valence-corrected chi connectivity index (χ4v) is 0. The maximum atomic E-state index is 7.57. The van der Waals surface area contributed by atoms with Gasteiger partial charge in [-0.15, -0.1) is 13.2 Å². The lowest BCUT2D eigenvalue weighted by Crippen LogP contribution is -1.57. The Morgan fingerprint density at radius 1 is 1.29 bits per heavy atom. The molecule has 7 heavy (non-hydrogen) atoms. The molecular weight excluding hydrogens is 96.0 g/mol. The molecule has 0 atom stereocenters. The molecular formula is C4H14O3. The van der Waals surface area contributed by atoms with Crippen LogP contribution < -0.4 is 0 Å². The zero-order chi connectivity index (χ0) is 4.71. The Balaban J connectivity index is -0.0000000105. The van der Waals surface area contributed by atoms with Crippen LogP contribution in [0.4, 0.5) is 0 Å². The fraction of sp³-hybridized carbons (Fsp3) is 0.500. The lowest BCUT2D eigenvalue weighted by atomic mass is 10.9. The molecule has 0 radical (unpaired) electrons. The van der Waals surface area contributed by atoms with E-state index < -0.39 is 0 Å². The molecule has 0 unspecified atom stereocenters. The molecule has 0 saturated carbocycles. The van der Waals surface area contributed by atoms with Gasteiger partial charge in [-0.25, -0.2) is 0 Å². The highest BCUT2D eigenvalue weighted by molar-refractivity contribution is 4.22. The molecule has 5 N–H and O–H groups in total. The van der Waals surface area contributed by atoms with Gasteiger partial charge in [0, 0.05) is 6.61 Å². The maximum Gasteiger partial charge on any atom is 0.0402 e. The van der Waals surface area contributed by atoms with Gasteiger partial charge in [-0.05, 0) is 6.92 Å². The number of aliphatic hydroxyl groups is 1. The van der Waals surface area contributed by atoms with Gasteiger partial charge < -0.3 is 16.1 Å². The second kappa shape index (κ2) is 312. The first-order chi connectivity index (χ1) is 2.41. The van der Waals surface area contributed by atoms with Crippen molar-refractivity contribution < 1.29 is 16.1 Å². The molecule has 0 aliphatic rings. The molecule has 0 saturated heterocycles. The van der Waals surface area contributed by atoms with Crippen LogP contribution >= 0.6 is 0 Å². The Bertz CT molecular complexity index is 10.9. The smallest absolute Gasteiger partial charge is 0.0402 e. The third kappa shape index (κ3) is 510. The second-order valence-corrected chi connectivity index (χ2v) is 0.316. The van der Waals surface area contributed by atoms with Crippen LogP contribution in [0.1, 0.15) is 6.92 Å². The summed E-state index contributed by atoms with van der Waals surface area (Å²) >= 11 is 0. The topological polar surface area (TPSA) is 83.2 Å². The van der Waals surface area contributed by atoms with Gasteiger partial charge >= 0.3 is 0 Å². The monoisotopic (exact) mass is 110 g/mol. The first kappa shape index (κ1) is 30.5. The molecule has 0 aliphatic heterocycles. The summed E-state index contributed by atoms with van der Waals surface area (Å²) in [7, 11) is 0. The minimum Gasteiger partial charge on any atom is -0.412 e. The van der Waals surface area contributed by atoms with Crippen molar-refractivity contribution in [2.75, 3.05) is 6.61 Å². The molecule has 0 aliphatic carbocycles. The van der Waals surface area contributed by atoms with E-state index in [2.05, 4.69) is 13.2 Å². The molecule has 0 fully saturated rings. The van der Waals surface area contributed by atoms with Gasteiger partial charge in [0.1, 0.15) is 0 Å². The number of hydrogen-bond acceptors (Lipinski definition) is 1. The quantitative estimate of drug-likeness (QED) is 0.405. The highest BCUT2D eigenvalue weighted by atomic mass is 16.2. The minimum atomic E-state index is 0. The van der Waals surface area contributed by atoms with Gasteiger partial charge in [0.15, 0.2) is 0 Å². The minimum absolute atomic E-state index is 0. The Labute approximate surface area is 43.9 Å². The standard InChI is InChI=1S/C2H6O.C2H4.2H2O/c1-2-3;1-2;;/h3H,2H2,1H3;1-2H2;2*1H2. The van der Waals surface area contributed by atoms with Crippen molar-refractivity contribution in [1.29, 1.82) is 0 Å². The average Bonchev–Trinajstić information content (AvgIpc) is 1.46. The van der Waals surface area contributed by atoms with E-state index in [1.807, 2.05) is 0 Å². The highest BCUT2D eigenvalue weighted by Gasteiger charge is 1.34. The molecule has 3 nitrogen and oxygen atoms in total. The highest BCUT2D eigenvalue weighted by Crippen LogP contribution is 1.30. The lowest BCUT2D eigenvalue weighted by Gasteiger charge is -1.52. The van der Waals surface area contributed by atoms with E-state index in [4.69, 9.17) is 5.11 Å². The van der Waals surface area contributed by atoms with E-state index in [-0.39, 0.29) is 17.6 Å². The van der Waals surface area contributed by atoms with Gasteiger partial charge in [-0.2, -0.15) is 0 Å². The van der Waals surface area contributed by atoms with Crippen LogP contribution in [-0.2, 0) is 0 Å². The van der Waals surface area contributed by atoms with E-state index in [0.717, 1.165) is 0 Å². The van der Waals surface area contributed by atoms with Crippen molar-refractivity contribution in [2.24, 2.45) is 0 Å². The summed E-state index contributed by atoms with van der Waals surface area (Å²) in [6.45, 7) is 7.93. The summed E-state index contributed by atoms with van der Waals surface area (Å²) in [4.78, 5) is 0. The average molecular weight is 110 g/mol. The SMILES string of the molecule is C=C.CCO.O.O. The summed E-state index contributed by atoms with van der Waals surface area (Å²) in [6.07, 6.45) is 0. The Morgan fingerprint density at radius 2 is 1.29 bits per heavy atom. The summed E-state index contributed by atoms with van der Waals surface area (Å²) in [5.41, 5.74) is 0. The van der Waals surface area contributed by atoms with Crippen molar-refractivity contribution in [3.05, 3.63) is 13.2 Å². The van der Waals surface area contributed by atoms with Crippen molar-refractivity contribution in [2.45, 2.75) is 6.92 Å². The fourth-order valence-electron chi connectivity index (χ4n) is 0. The van der Waals surface area contributed by atoms with E-state index in [1.54, 1.807) is 6.92 Å². The van der Waals surface area contributed by atoms with Gasteiger partial charge in [0.05, 0.1) is 0 Å². The number of hydrogen-bond donors (Lipinski definition) is 1. The van der Waals surface area contributed by atoms with Crippen LogP contribution in [0.2, 0.25) is 0 Å². The zero-order valence-corrected chi connectivity index (χ0v) is 4.57. The van der Waals surface area contributed by atoms with Gasteiger partial charge in [0.2, 0.25) is 0 Å². The van der Waals surface area contributed by atoms with Crippen LogP contribution in [0.15, 0.2) is 13.2 Å². The second-order valence-electron chi connectivity index (χ2n) is 0.316. The van der Waals surface area contributed by atoms with Crippen molar-refractivity contribution in [3.63, 3.8) is 0 Å². The number of rotatable bonds is 0. The van der Waals surface area contributed by atoms with E-state index in [0.29, 0.717) is 0 Å². The van der Waals surface area contributed by atoms with Crippen LogP contribution in [-0.4, -0.2) is 22.7 Å². The molecule has 0 spiro atoms. The first-order valence-corrected chi connectivity index (χ1v) is 1.52. The molecule has 0 aromatic carbocycles. The van der Waals surface area contributed by atoms with E-state index in [9.17, 15) is 0 Å². The normalized spacial score (nSPS) is 3.14. The van der Waals surface area contributed by atoms with E-state index >= 15 is 0 Å². The Kier molecular flexibility index (Phi) is 1360. The zero-order valence-electron chi connectivity index (χ0n) is 4.57. The van der Waals surface area contributed by atoms with E-state index in [1.165, 1.54) is 0 Å². The van der Waals surface area contributed by atoms with Crippen LogP contribution in [0.3, 0.4) is 0 Å². The van der Waals surface area contributed by atoms with Crippen molar-refractivity contribution in [1.82, 2.24) is 0 Å². The van der Waals surface area contributed by atoms with Gasteiger partial charge in [-0.3, -0.25) is 0 Å². The Hall–Kier alpha value is -0.380. The maximum absolute atomic E-state index is 7.57. The summed E-state index contributed by atoms with van der Waals surface area (Å²) < 4.78 is 0. The molecule has 0 bridgehead atoms. The largest absolute Gasteiger partial charge is 0.412 e. The molecule has 0 amide bonds. The molecule has 3 heteroatoms. The molecule has 0 aromatic rings. The van der Waals surface area contributed by atoms with Crippen molar-refractivity contribution in [3.8, 4) is 0 Å². The number of aliphatic hydroxyl groups excluding tert-OH is 1. The third-order valence-corrected chi connectivity index (χ3v) is 0. The molecule has 0 rings (SSSR count). The van der Waals surface area contributed by atoms with Gasteiger partial charge in [0.25, 0.3) is 0 Å². The van der Waals surface area contributed by atoms with Crippen molar-refractivity contribution >= 4 is 0 Å². The third-order valence-electron chi connectivity index (χ3n) is 0. The first-order valence-electron chi connectivity index (χ1n) is 1.52. The van der Waals surface area contributed by atoms with Crippen LogP contribution in [0.25, 0.3) is 0 Å². The molecule has 0 aromatic heterocycles. The Morgan fingerprint density at radius 3 is 1.29 bits per heavy atom. The predicted molar refractivity (Wildman–Crippen MR) is 31.2 cm³/mol. The summed E-state index contributed by atoms with van der Waals surface area (Å²) in [5.74, 6) is 0. The summed E-state index contributed by atoms with van der Waals surface area (Å²) in [5, 5.41) is 7.57. The predicted octanol–water partition coefficient (Wildman–Crippen LogP) is -0.849. The lowest BCUT2D eigenvalue weighted by molar-refractivity contribution is 0.318. The molecule has 0 heterocycles.